The second-order valence-electron chi connectivity index (χ2n) is 42.7. The lowest BCUT2D eigenvalue weighted by molar-refractivity contribution is 0.187. The third-order valence-corrected chi connectivity index (χ3v) is 34.8. The van der Waals surface area contributed by atoms with Gasteiger partial charge in [-0.2, -0.15) is 0 Å². The van der Waals surface area contributed by atoms with Crippen LogP contribution in [0, 0.1) is 48.2 Å². The number of hydrogen-bond acceptors (Lipinski definition) is 26. The lowest BCUT2D eigenvalue weighted by Gasteiger charge is -2.43. The van der Waals surface area contributed by atoms with E-state index in [0.29, 0.717) is 32.1 Å². The first-order valence-corrected chi connectivity index (χ1v) is 51.3. The largest absolute Gasteiger partial charge is 0.355 e. The summed E-state index contributed by atoms with van der Waals surface area (Å²) in [5.74, 6) is 8.28. The second kappa shape index (κ2) is 35.1. The summed E-state index contributed by atoms with van der Waals surface area (Å²) in [6, 6.07) is 35.6. The van der Waals surface area contributed by atoms with Crippen LogP contribution in [0.25, 0.3) is 0 Å². The van der Waals surface area contributed by atoms with E-state index in [2.05, 4.69) is 126 Å². The van der Waals surface area contributed by atoms with Gasteiger partial charge in [0.2, 0.25) is 0 Å². The molecule has 18 heterocycles. The molecule has 12 aliphatic heterocycles. The van der Waals surface area contributed by atoms with Crippen molar-refractivity contribution in [1.29, 1.82) is 0 Å². The predicted octanol–water partition coefficient (Wildman–Crippen LogP) is 13.1. The number of amidine groups is 4. The number of benzene rings is 4. The highest BCUT2D eigenvalue weighted by Crippen LogP contribution is 2.57. The molecule has 0 radical (unpaired) electrons. The molecule has 6 saturated heterocycles. The molecule has 28 nitrogen and oxygen atoms in total. The number of aliphatic imine (C=N–C) groups is 4. The Hall–Kier alpha value is -12.1. The van der Waals surface area contributed by atoms with Gasteiger partial charge in [-0.15, -0.1) is 0 Å². The second-order valence-corrected chi connectivity index (χ2v) is 42.7. The minimum absolute atomic E-state index is 0.0281. The van der Waals surface area contributed by atoms with Crippen LogP contribution >= 0.6 is 0 Å². The number of anilines is 6. The molecule has 10 aromatic rings. The van der Waals surface area contributed by atoms with Gasteiger partial charge in [0, 0.05) is 159 Å². The molecule has 7 fully saturated rings. The van der Waals surface area contributed by atoms with E-state index >= 15 is 0 Å². The highest BCUT2D eigenvalue weighted by atomic mass is 19.1. The first-order chi connectivity index (χ1) is 67.2. The molecule has 8 N–H and O–H groups in total. The number of nitrogens with zero attached hydrogens (tertiary/aromatic N) is 22. The zero-order valence-electron chi connectivity index (χ0n) is 80.7. The first-order valence-electron chi connectivity index (χ1n) is 51.3. The van der Waals surface area contributed by atoms with Crippen molar-refractivity contribution >= 4 is 58.0 Å². The Morgan fingerprint density at radius 3 is 1.04 bits per heavy atom. The molecule has 17 aliphatic rings. The van der Waals surface area contributed by atoms with Crippen LogP contribution in [0.1, 0.15) is 263 Å². The summed E-state index contributed by atoms with van der Waals surface area (Å²) in [5, 5.41) is 0. The number of halogens is 1. The number of aromatic nitrogens is 10. The van der Waals surface area contributed by atoms with Crippen LogP contribution in [0.4, 0.5) is 39.0 Å². The molecule has 27 rings (SSSR count). The fourth-order valence-electron chi connectivity index (χ4n) is 26.6. The molecule has 4 atom stereocenters. The number of fused-ring (bicyclic) bond motifs is 10. The summed E-state index contributed by atoms with van der Waals surface area (Å²) in [5.41, 5.74) is 53.6. The van der Waals surface area contributed by atoms with Crippen molar-refractivity contribution in [3.63, 3.8) is 0 Å². The smallest absolute Gasteiger partial charge is 0.255 e. The van der Waals surface area contributed by atoms with E-state index in [1.165, 1.54) is 89.6 Å². The molecule has 714 valence electrons. The maximum Gasteiger partial charge on any atom is 0.255 e. The zero-order chi connectivity index (χ0) is 93.8. The van der Waals surface area contributed by atoms with Gasteiger partial charge in [0.25, 0.3) is 11.1 Å². The molecular formula is C109H129FN26O2. The third-order valence-electron chi connectivity index (χ3n) is 34.8. The summed E-state index contributed by atoms with van der Waals surface area (Å²) < 4.78 is 17.2. The van der Waals surface area contributed by atoms with Crippen molar-refractivity contribution in [2.24, 2.45) is 78.7 Å². The lowest BCUT2D eigenvalue weighted by atomic mass is 9.73. The molecule has 1 saturated carbocycles. The highest BCUT2D eigenvalue weighted by Gasteiger charge is 2.52. The number of aryl methyl sites for hydroxylation is 5. The van der Waals surface area contributed by atoms with Gasteiger partial charge in [-0.05, 0) is 259 Å². The zero-order valence-corrected chi connectivity index (χ0v) is 80.7. The topological polar surface area (TPSA) is 327 Å². The van der Waals surface area contributed by atoms with Crippen LogP contribution in [0.5, 0.6) is 0 Å². The van der Waals surface area contributed by atoms with Crippen molar-refractivity contribution in [2.45, 2.75) is 225 Å². The normalized spacial score (nSPS) is 23.1. The van der Waals surface area contributed by atoms with Crippen molar-refractivity contribution in [3.05, 3.63) is 266 Å². The summed E-state index contributed by atoms with van der Waals surface area (Å²) in [6.07, 6.45) is 28.6. The van der Waals surface area contributed by atoms with Crippen molar-refractivity contribution < 1.29 is 4.39 Å². The van der Waals surface area contributed by atoms with Crippen LogP contribution in [-0.4, -0.2) is 174 Å². The quantitative estimate of drug-likeness (QED) is 0.124. The maximum atomic E-state index is 13.9. The number of piperidine rings is 5. The van der Waals surface area contributed by atoms with Crippen LogP contribution in [0.3, 0.4) is 0 Å². The van der Waals surface area contributed by atoms with Gasteiger partial charge >= 0.3 is 0 Å². The van der Waals surface area contributed by atoms with Crippen LogP contribution in [0.2, 0.25) is 0 Å². The molecule has 6 aromatic heterocycles. The number of hydrogen-bond donors (Lipinski definition) is 4. The Morgan fingerprint density at radius 1 is 0.341 bits per heavy atom. The van der Waals surface area contributed by atoms with Crippen molar-refractivity contribution in [2.75, 3.05) is 121 Å². The van der Waals surface area contributed by atoms with E-state index in [-0.39, 0.29) is 62.8 Å². The van der Waals surface area contributed by atoms with E-state index in [9.17, 15) is 14.0 Å². The minimum Gasteiger partial charge on any atom is -0.355 e. The van der Waals surface area contributed by atoms with E-state index < -0.39 is 0 Å². The Balaban J connectivity index is 0.000000101. The monoisotopic (exact) mass is 1850 g/mol. The van der Waals surface area contributed by atoms with Gasteiger partial charge < -0.3 is 71.3 Å². The summed E-state index contributed by atoms with van der Waals surface area (Å²) in [4.78, 5) is 104. The molecule has 0 bridgehead atoms. The number of rotatable bonds is 5. The average molecular weight is 1850 g/mol. The Morgan fingerprint density at radius 2 is 0.667 bits per heavy atom. The van der Waals surface area contributed by atoms with Gasteiger partial charge in [-0.1, -0.05) is 78.9 Å². The lowest BCUT2D eigenvalue weighted by Crippen LogP contribution is -2.45. The standard InChI is InChI=1S/C29H32FN7O.C29H33N7O.C27H34N6.C24H30N6/c1-17-26(36-12-8-29(9-13-36)15-18-5-6-19(30)14-21(18)25(29)31)34-22-16-32-27(24(22)33-17)37-10-3-4-20-23(37)7-11-35(2)28(20)38;1-18-26(35-14-10-29(11-15-35)16-19-6-3-4-7-20(19)25(29)30)33-22-17-31-27(24(22)32-18)36-12-5-8-21-23(36)9-13-34(2)28(21)37;28-24-20-7-3-2-6-19(20)16-27(24)10-14-33(15-11-27)26-22(18-8-9-18)31-23-21(30-26)17-29-25(23)32-12-4-1-5-13-32;1-16-22(28-19-15-26-23(20(19)27-16)29-10-4-5-11-29)30-12-8-24(9-13-30)14-17-6-2-3-7-18(17)21(24)25/h5-7,11,14,25H,3-4,8-10,12-13,15-16,31H2,1-2H3;3-4,6-7,9,13,25H,5,8,10-12,14-17,30H2,1-2H3;2-3,6-7,18,24H,1,4-5,8-17,28H2;2-3,6-7,21H,4-5,8-15,25H2,1H3/t2*25-;24-;21-/m1111/s1. The molecule has 138 heavy (non-hydrogen) atoms. The third kappa shape index (κ3) is 15.3. The van der Waals surface area contributed by atoms with Gasteiger partial charge in [0.15, 0.2) is 29.2 Å². The SMILES string of the molecule is Cc1nc2c(nc1N1CCC3(CC1)Cc1ccc(F)cc1[C@H]3N)CN=C2N1CCCc2c1ccn(C)c2=O.Cc1nc2c(nc1N1CCC3(CC1)Cc1ccccc1[C@H]3N)CN=C2N1CCCC1.Cc1nc2c(nc1N1CCC3(CC1)Cc1ccccc1[C@H]3N)CN=C2N1CCCc2c1ccn(C)c2=O.N[C@@H]1c2ccccc2CC12CCN(c1nc3c(nc1C1CC1)C(N1CCCCC1)=NC3)CC2. The van der Waals surface area contributed by atoms with Gasteiger partial charge in [-0.25, -0.2) is 44.3 Å². The predicted molar refractivity (Wildman–Crippen MR) is 540 cm³/mol. The van der Waals surface area contributed by atoms with Gasteiger partial charge in [-0.3, -0.25) is 29.6 Å². The summed E-state index contributed by atoms with van der Waals surface area (Å²) >= 11 is 0. The van der Waals surface area contributed by atoms with E-state index in [0.717, 1.165) is 332 Å². The Bertz CT molecular complexity index is 6760. The van der Waals surface area contributed by atoms with Gasteiger partial charge in [0.05, 0.1) is 83.1 Å². The highest BCUT2D eigenvalue weighted by molar-refractivity contribution is 6.12. The molecule has 5 aliphatic carbocycles. The van der Waals surface area contributed by atoms with Crippen LogP contribution in [-0.2, 0) is 78.8 Å². The van der Waals surface area contributed by atoms with Crippen molar-refractivity contribution in [3.8, 4) is 0 Å². The molecule has 4 aromatic carbocycles. The molecule has 0 unspecified atom stereocenters. The van der Waals surface area contributed by atoms with Crippen molar-refractivity contribution in [1.82, 2.24) is 58.8 Å². The van der Waals surface area contributed by atoms with E-state index in [1.807, 2.05) is 44.6 Å². The number of likely N-dealkylation sites (tertiary alicyclic amines) is 2. The summed E-state index contributed by atoms with van der Waals surface area (Å²) in [7, 11) is 3.60. The molecule has 29 heteroatoms. The average Bonchev–Trinajstić information content (AvgIpc) is 1.59. The first kappa shape index (κ1) is 88.6. The van der Waals surface area contributed by atoms with Crippen LogP contribution < -0.4 is 63.5 Å². The van der Waals surface area contributed by atoms with E-state index in [1.54, 1.807) is 28.3 Å². The molecule has 0 amide bonds. The Labute approximate surface area is 807 Å². The summed E-state index contributed by atoms with van der Waals surface area (Å²) in [6.45, 7) is 22.2. The number of nitrogens with two attached hydrogens (primary N) is 4. The maximum absolute atomic E-state index is 13.9. The fourth-order valence-corrected chi connectivity index (χ4v) is 26.6. The molecule has 4 spiro atoms. The number of pyridine rings is 2. The molecular weight excluding hydrogens is 1720 g/mol. The fraction of sp³-hybridized carbons (Fsp3) is 0.505. The Kier molecular flexibility index (Phi) is 22.5. The van der Waals surface area contributed by atoms with Crippen LogP contribution in [0.15, 0.2) is 145 Å². The van der Waals surface area contributed by atoms with E-state index in [4.69, 9.17) is 82.8 Å². The minimum atomic E-state index is -0.213. The van der Waals surface area contributed by atoms with Gasteiger partial charge in [0.1, 0.15) is 46.0 Å².